The number of aliphatic hydroxyl groups excluding tert-OH is 1. The Balaban J connectivity index is 2.37. The molecule has 17 heavy (non-hydrogen) atoms. The molecule has 3 N–H and O–H groups in total. The van der Waals surface area contributed by atoms with E-state index in [9.17, 15) is 9.59 Å². The van der Waals surface area contributed by atoms with Gasteiger partial charge < -0.3 is 20.3 Å². The molecule has 1 atom stereocenters. The fourth-order valence-corrected chi connectivity index (χ4v) is 1.04. The molecule has 1 aromatic rings. The molecule has 1 aromatic carbocycles. The summed E-state index contributed by atoms with van der Waals surface area (Å²) < 4.78 is 5.08. The third-order valence-corrected chi connectivity index (χ3v) is 1.86. The summed E-state index contributed by atoms with van der Waals surface area (Å²) in [5.41, 5.74) is 0. The summed E-state index contributed by atoms with van der Waals surface area (Å²) in [5, 5.41) is 19.4. The Hall–Kier alpha value is -2.08. The second-order valence-electron chi connectivity index (χ2n) is 3.17. The maximum absolute atomic E-state index is 11.3. The van der Waals surface area contributed by atoms with Crippen LogP contribution < -0.4 is 10.1 Å². The molecule has 0 unspecified atom stereocenters. The molecule has 0 heterocycles. The maximum Gasteiger partial charge on any atom is 0.328 e. The van der Waals surface area contributed by atoms with Crippen LogP contribution in [0.5, 0.6) is 5.75 Å². The molecule has 0 aliphatic heterocycles. The third-order valence-electron chi connectivity index (χ3n) is 1.86. The molecule has 0 bridgehead atoms. The fraction of sp³-hybridized carbons (Fsp3) is 0.273. The van der Waals surface area contributed by atoms with Crippen molar-refractivity contribution in [2.24, 2.45) is 0 Å². The van der Waals surface area contributed by atoms with E-state index in [2.05, 4.69) is 11.4 Å². The first kappa shape index (κ1) is 13.0. The van der Waals surface area contributed by atoms with Crippen LogP contribution in [-0.4, -0.2) is 41.3 Å². The van der Waals surface area contributed by atoms with Crippen LogP contribution in [0.1, 0.15) is 0 Å². The molecule has 6 nitrogen and oxygen atoms in total. The number of carbonyl (C=O) groups is 2. The summed E-state index contributed by atoms with van der Waals surface area (Å²) in [4.78, 5) is 21.8. The summed E-state index contributed by atoms with van der Waals surface area (Å²) >= 11 is 0. The minimum absolute atomic E-state index is 0.318. The van der Waals surface area contributed by atoms with Gasteiger partial charge in [0.2, 0.25) is 0 Å². The van der Waals surface area contributed by atoms with Crippen LogP contribution in [0.3, 0.4) is 0 Å². The van der Waals surface area contributed by atoms with Gasteiger partial charge in [0.05, 0.1) is 6.61 Å². The second kappa shape index (κ2) is 6.49. The van der Waals surface area contributed by atoms with Gasteiger partial charge in [-0.3, -0.25) is 4.79 Å². The average Bonchev–Trinajstić information content (AvgIpc) is 2.34. The standard InChI is InChI=1S/C11H12NO5/c13-6-9(11(15)16)12-10(14)7-17-8-4-2-1-3-5-8/h1-2,4-5,9,13H,6-7H2,(H,12,14)(H,15,16)/t9-/m0/s1. The number of carboxylic acids is 1. The van der Waals surface area contributed by atoms with E-state index in [-0.39, 0.29) is 6.61 Å². The summed E-state index contributed by atoms with van der Waals surface area (Å²) in [6.45, 7) is -0.984. The quantitative estimate of drug-likeness (QED) is 0.616. The van der Waals surface area contributed by atoms with Crippen LogP contribution in [0.2, 0.25) is 0 Å². The number of carboxylic acid groups (broad SMARTS) is 1. The normalized spacial score (nSPS) is 11.6. The number of hydrogen-bond donors (Lipinski definition) is 3. The van der Waals surface area contributed by atoms with Gasteiger partial charge in [0.15, 0.2) is 6.61 Å². The highest BCUT2D eigenvalue weighted by Gasteiger charge is 2.18. The van der Waals surface area contributed by atoms with Crippen molar-refractivity contribution >= 4 is 11.9 Å². The number of aliphatic hydroxyl groups is 1. The molecular weight excluding hydrogens is 226 g/mol. The highest BCUT2D eigenvalue weighted by atomic mass is 16.5. The topological polar surface area (TPSA) is 95.9 Å². The molecule has 0 aromatic heterocycles. The van der Waals surface area contributed by atoms with E-state index >= 15 is 0 Å². The Bertz CT molecular complexity index is 379. The predicted molar refractivity (Wildman–Crippen MR) is 57.4 cm³/mol. The zero-order valence-electron chi connectivity index (χ0n) is 8.92. The Morgan fingerprint density at radius 3 is 2.82 bits per heavy atom. The summed E-state index contributed by atoms with van der Waals surface area (Å²) in [6.07, 6.45) is 0. The van der Waals surface area contributed by atoms with Gasteiger partial charge in [0.1, 0.15) is 11.8 Å². The second-order valence-corrected chi connectivity index (χ2v) is 3.17. The van der Waals surface area contributed by atoms with Crippen LogP contribution in [0.25, 0.3) is 0 Å². The first-order valence-electron chi connectivity index (χ1n) is 4.85. The van der Waals surface area contributed by atoms with Gasteiger partial charge in [0, 0.05) is 0 Å². The SMILES string of the molecule is O=C(COc1c[c]ccc1)N[C@@H](CO)C(=O)O. The lowest BCUT2D eigenvalue weighted by molar-refractivity contribution is -0.143. The molecule has 0 spiro atoms. The van der Waals surface area contributed by atoms with Gasteiger partial charge >= 0.3 is 5.97 Å². The highest BCUT2D eigenvalue weighted by Crippen LogP contribution is 2.07. The molecule has 0 saturated heterocycles. The summed E-state index contributed by atoms with van der Waals surface area (Å²) in [7, 11) is 0. The number of amides is 1. The molecule has 1 radical (unpaired) electrons. The van der Waals surface area contributed by atoms with E-state index in [1.807, 2.05) is 0 Å². The summed E-state index contributed by atoms with van der Waals surface area (Å²) in [6, 6.07) is 8.02. The molecule has 91 valence electrons. The number of rotatable bonds is 6. The largest absolute Gasteiger partial charge is 0.484 e. The molecular formula is C11H12NO5. The number of hydrogen-bond acceptors (Lipinski definition) is 4. The minimum atomic E-state index is -1.31. The number of ether oxygens (including phenoxy) is 1. The van der Waals surface area contributed by atoms with Crippen molar-refractivity contribution in [3.63, 3.8) is 0 Å². The zero-order valence-corrected chi connectivity index (χ0v) is 8.92. The van der Waals surface area contributed by atoms with Crippen molar-refractivity contribution in [2.45, 2.75) is 6.04 Å². The van der Waals surface area contributed by atoms with Crippen molar-refractivity contribution in [3.8, 4) is 5.75 Å². The Labute approximate surface area is 97.8 Å². The van der Waals surface area contributed by atoms with Crippen LogP contribution in [0.15, 0.2) is 24.3 Å². The lowest BCUT2D eigenvalue weighted by Gasteiger charge is -2.12. The molecule has 1 amide bonds. The van der Waals surface area contributed by atoms with Crippen molar-refractivity contribution in [1.29, 1.82) is 0 Å². The summed E-state index contributed by atoms with van der Waals surface area (Å²) in [5.74, 6) is -1.46. The van der Waals surface area contributed by atoms with Crippen molar-refractivity contribution in [3.05, 3.63) is 30.3 Å². The van der Waals surface area contributed by atoms with E-state index in [1.54, 1.807) is 24.3 Å². The smallest absolute Gasteiger partial charge is 0.328 e. The average molecular weight is 238 g/mol. The monoisotopic (exact) mass is 238 g/mol. The van der Waals surface area contributed by atoms with Gasteiger partial charge in [-0.2, -0.15) is 0 Å². The van der Waals surface area contributed by atoms with E-state index < -0.39 is 24.5 Å². The van der Waals surface area contributed by atoms with Crippen molar-refractivity contribution < 1.29 is 24.5 Å². The number of aliphatic carboxylic acids is 1. The van der Waals surface area contributed by atoms with E-state index in [0.29, 0.717) is 5.75 Å². The number of nitrogens with one attached hydrogen (secondary N) is 1. The minimum Gasteiger partial charge on any atom is -0.484 e. The molecule has 1 rings (SSSR count). The van der Waals surface area contributed by atoms with Gasteiger partial charge in [-0.1, -0.05) is 12.1 Å². The molecule has 6 heteroatoms. The van der Waals surface area contributed by atoms with Crippen LogP contribution >= 0.6 is 0 Å². The van der Waals surface area contributed by atoms with E-state index in [0.717, 1.165) is 0 Å². The highest BCUT2D eigenvalue weighted by molar-refractivity contribution is 5.84. The van der Waals surface area contributed by atoms with Crippen LogP contribution in [-0.2, 0) is 9.59 Å². The zero-order chi connectivity index (χ0) is 12.7. The first-order chi connectivity index (χ1) is 8.13. The Kier molecular flexibility index (Phi) is 4.96. The number of carbonyl (C=O) groups excluding carboxylic acids is 1. The van der Waals surface area contributed by atoms with Gasteiger partial charge in [-0.25, -0.2) is 4.79 Å². The fourth-order valence-electron chi connectivity index (χ4n) is 1.04. The Morgan fingerprint density at radius 1 is 1.53 bits per heavy atom. The molecule has 0 aliphatic rings. The lowest BCUT2D eigenvalue weighted by Crippen LogP contribution is -2.45. The van der Waals surface area contributed by atoms with Gasteiger partial charge in [-0.05, 0) is 18.2 Å². The van der Waals surface area contributed by atoms with Gasteiger partial charge in [0.25, 0.3) is 5.91 Å². The van der Waals surface area contributed by atoms with Gasteiger partial charge in [-0.15, -0.1) is 0 Å². The predicted octanol–water partition coefficient (Wildman–Crippen LogP) is -0.573. The van der Waals surface area contributed by atoms with Crippen molar-refractivity contribution in [1.82, 2.24) is 5.32 Å². The molecule has 0 aliphatic carbocycles. The maximum atomic E-state index is 11.3. The molecule has 0 saturated carbocycles. The van der Waals surface area contributed by atoms with Crippen LogP contribution in [0, 0.1) is 6.07 Å². The van der Waals surface area contributed by atoms with Crippen LogP contribution in [0.4, 0.5) is 0 Å². The van der Waals surface area contributed by atoms with E-state index in [4.69, 9.17) is 14.9 Å². The third kappa shape index (κ3) is 4.52. The number of benzene rings is 1. The Morgan fingerprint density at radius 2 is 2.29 bits per heavy atom. The first-order valence-corrected chi connectivity index (χ1v) is 4.85. The van der Waals surface area contributed by atoms with Crippen molar-refractivity contribution in [2.75, 3.05) is 13.2 Å². The lowest BCUT2D eigenvalue weighted by atomic mass is 10.3. The van der Waals surface area contributed by atoms with E-state index in [1.165, 1.54) is 0 Å². The molecule has 0 fully saturated rings.